The molecule has 0 saturated heterocycles. The molecule has 2 aromatic rings. The number of phenolic OH excluding ortho intramolecular Hbond substituents is 1. The molecule has 2 heteroatoms. The molecule has 0 aliphatic rings. The van der Waals surface area contributed by atoms with Gasteiger partial charge in [-0.1, -0.05) is 30.3 Å². The molecule has 1 N–H and O–H groups in total. The lowest BCUT2D eigenvalue weighted by Crippen LogP contribution is -2.02. The average Bonchev–Trinajstić information content (AvgIpc) is 2.44. The van der Waals surface area contributed by atoms with Gasteiger partial charge < -0.3 is 9.84 Å². The van der Waals surface area contributed by atoms with Gasteiger partial charge in [0, 0.05) is 0 Å². The van der Waals surface area contributed by atoms with Crippen LogP contribution in [-0.4, -0.2) is 5.11 Å². The Bertz CT molecular complexity index is 557. The van der Waals surface area contributed by atoms with E-state index in [0.29, 0.717) is 12.4 Å². The van der Waals surface area contributed by atoms with Crippen LogP contribution < -0.4 is 4.74 Å². The predicted octanol–water partition coefficient (Wildman–Crippen LogP) is 4.20. The van der Waals surface area contributed by atoms with Crippen molar-refractivity contribution in [3.63, 3.8) is 0 Å². The summed E-state index contributed by atoms with van der Waals surface area (Å²) in [5.74, 6) is 1.26. The maximum Gasteiger partial charge on any atom is 0.126 e. The van der Waals surface area contributed by atoms with Crippen molar-refractivity contribution in [2.24, 2.45) is 0 Å². The minimum absolute atomic E-state index is 0.377. The van der Waals surface area contributed by atoms with E-state index in [4.69, 9.17) is 4.74 Å². The summed E-state index contributed by atoms with van der Waals surface area (Å²) in [7, 11) is 0. The third-order valence-corrected chi connectivity index (χ3v) is 3.74. The molecule has 0 radical (unpaired) electrons. The number of aromatic hydroxyl groups is 1. The van der Waals surface area contributed by atoms with E-state index >= 15 is 0 Å². The van der Waals surface area contributed by atoms with Gasteiger partial charge >= 0.3 is 0 Å². The summed E-state index contributed by atoms with van der Waals surface area (Å²) in [4.78, 5) is 0. The number of ether oxygens (including phenoxy) is 1. The van der Waals surface area contributed by atoms with Crippen LogP contribution >= 0.6 is 0 Å². The zero-order valence-corrected chi connectivity index (χ0v) is 11.9. The third-order valence-electron chi connectivity index (χ3n) is 3.74. The zero-order valence-electron chi connectivity index (χ0n) is 11.9. The molecule has 0 atom stereocenters. The van der Waals surface area contributed by atoms with Crippen LogP contribution in [0.3, 0.4) is 0 Å². The SMILES string of the molecule is Cc1c(C)c(OCc2ccccc2)c(C)c(C)c1O. The second-order valence-corrected chi connectivity index (χ2v) is 4.95. The molecule has 19 heavy (non-hydrogen) atoms. The first kappa shape index (κ1) is 13.5. The van der Waals surface area contributed by atoms with E-state index in [2.05, 4.69) is 0 Å². The molecule has 0 heterocycles. The summed E-state index contributed by atoms with van der Waals surface area (Å²) in [5.41, 5.74) is 4.95. The highest BCUT2D eigenvalue weighted by molar-refractivity contribution is 5.56. The summed E-state index contributed by atoms with van der Waals surface area (Å²) in [6, 6.07) is 10.1. The van der Waals surface area contributed by atoms with Crippen molar-refractivity contribution in [3.8, 4) is 11.5 Å². The quantitative estimate of drug-likeness (QED) is 0.891. The molecule has 0 unspecified atom stereocenters. The van der Waals surface area contributed by atoms with Crippen molar-refractivity contribution in [2.75, 3.05) is 0 Å². The molecule has 0 bridgehead atoms. The van der Waals surface area contributed by atoms with Gasteiger partial charge in [-0.3, -0.25) is 0 Å². The van der Waals surface area contributed by atoms with Gasteiger partial charge in [-0.05, 0) is 55.5 Å². The minimum Gasteiger partial charge on any atom is -0.507 e. The second kappa shape index (κ2) is 5.35. The molecule has 0 spiro atoms. The standard InChI is InChI=1S/C17H20O2/c1-11-13(3)17(14(4)12(2)16(11)18)19-10-15-8-6-5-7-9-15/h5-9,18H,10H2,1-4H3. The highest BCUT2D eigenvalue weighted by atomic mass is 16.5. The summed E-state index contributed by atoms with van der Waals surface area (Å²) in [6.45, 7) is 8.37. The Hall–Kier alpha value is -1.96. The first-order chi connectivity index (χ1) is 9.02. The molecule has 0 aliphatic heterocycles. The molecular formula is C17H20O2. The molecule has 0 aromatic heterocycles. The van der Waals surface area contributed by atoms with E-state index in [1.54, 1.807) is 0 Å². The maximum atomic E-state index is 10.0. The summed E-state index contributed by atoms with van der Waals surface area (Å²) >= 11 is 0. The van der Waals surface area contributed by atoms with Crippen molar-refractivity contribution in [3.05, 3.63) is 58.1 Å². The number of benzene rings is 2. The molecule has 2 aromatic carbocycles. The fraction of sp³-hybridized carbons (Fsp3) is 0.294. The molecule has 100 valence electrons. The normalized spacial score (nSPS) is 10.5. The Morgan fingerprint density at radius 3 is 1.89 bits per heavy atom. The lowest BCUT2D eigenvalue weighted by molar-refractivity contribution is 0.300. The Balaban J connectivity index is 2.31. The van der Waals surface area contributed by atoms with Crippen LogP contribution in [0.25, 0.3) is 0 Å². The second-order valence-electron chi connectivity index (χ2n) is 4.95. The largest absolute Gasteiger partial charge is 0.507 e. The molecular weight excluding hydrogens is 236 g/mol. The first-order valence-corrected chi connectivity index (χ1v) is 6.48. The molecule has 2 rings (SSSR count). The van der Waals surface area contributed by atoms with Gasteiger partial charge in [-0.15, -0.1) is 0 Å². The van der Waals surface area contributed by atoms with Gasteiger partial charge in [0.2, 0.25) is 0 Å². The van der Waals surface area contributed by atoms with Crippen LogP contribution in [0.2, 0.25) is 0 Å². The van der Waals surface area contributed by atoms with Crippen molar-refractivity contribution in [2.45, 2.75) is 34.3 Å². The van der Waals surface area contributed by atoms with Crippen LogP contribution in [0.15, 0.2) is 30.3 Å². The minimum atomic E-state index is 0.377. The van der Waals surface area contributed by atoms with Crippen molar-refractivity contribution in [1.82, 2.24) is 0 Å². The molecule has 2 nitrogen and oxygen atoms in total. The number of phenols is 1. The zero-order chi connectivity index (χ0) is 14.0. The Morgan fingerprint density at radius 1 is 0.842 bits per heavy atom. The van der Waals surface area contributed by atoms with Crippen LogP contribution in [-0.2, 0) is 6.61 Å². The highest BCUT2D eigenvalue weighted by Crippen LogP contribution is 2.36. The first-order valence-electron chi connectivity index (χ1n) is 6.48. The van der Waals surface area contributed by atoms with Crippen LogP contribution in [0, 0.1) is 27.7 Å². The van der Waals surface area contributed by atoms with E-state index in [9.17, 15) is 5.11 Å². The van der Waals surface area contributed by atoms with E-state index in [1.807, 2.05) is 58.0 Å². The van der Waals surface area contributed by atoms with Crippen molar-refractivity contribution >= 4 is 0 Å². The fourth-order valence-corrected chi connectivity index (χ4v) is 2.20. The fourth-order valence-electron chi connectivity index (χ4n) is 2.20. The monoisotopic (exact) mass is 256 g/mol. The Morgan fingerprint density at radius 2 is 1.37 bits per heavy atom. The summed E-state index contributed by atoms with van der Waals surface area (Å²) < 4.78 is 5.96. The van der Waals surface area contributed by atoms with Crippen LogP contribution in [0.4, 0.5) is 0 Å². The summed E-state index contributed by atoms with van der Waals surface area (Å²) in [6.07, 6.45) is 0. The highest BCUT2D eigenvalue weighted by Gasteiger charge is 2.15. The van der Waals surface area contributed by atoms with E-state index in [0.717, 1.165) is 33.6 Å². The molecule has 0 saturated carbocycles. The van der Waals surface area contributed by atoms with Gasteiger partial charge in [0.15, 0.2) is 0 Å². The number of hydrogen-bond acceptors (Lipinski definition) is 2. The van der Waals surface area contributed by atoms with Gasteiger partial charge in [0.05, 0.1) is 0 Å². The van der Waals surface area contributed by atoms with Gasteiger partial charge in [0.25, 0.3) is 0 Å². The third kappa shape index (κ3) is 2.58. The number of rotatable bonds is 3. The van der Waals surface area contributed by atoms with Crippen LogP contribution in [0.1, 0.15) is 27.8 Å². The Labute approximate surface area is 114 Å². The Kier molecular flexibility index (Phi) is 3.79. The van der Waals surface area contributed by atoms with Gasteiger partial charge in [-0.2, -0.15) is 0 Å². The smallest absolute Gasteiger partial charge is 0.126 e. The van der Waals surface area contributed by atoms with E-state index < -0.39 is 0 Å². The molecule has 0 fully saturated rings. The lowest BCUT2D eigenvalue weighted by Gasteiger charge is -2.18. The lowest BCUT2D eigenvalue weighted by atomic mass is 9.98. The van der Waals surface area contributed by atoms with Crippen molar-refractivity contribution in [1.29, 1.82) is 0 Å². The maximum absolute atomic E-state index is 10.0. The van der Waals surface area contributed by atoms with Gasteiger partial charge in [-0.25, -0.2) is 0 Å². The number of hydrogen-bond donors (Lipinski definition) is 1. The van der Waals surface area contributed by atoms with Gasteiger partial charge in [0.1, 0.15) is 18.1 Å². The molecule has 0 aliphatic carbocycles. The van der Waals surface area contributed by atoms with Crippen molar-refractivity contribution < 1.29 is 9.84 Å². The summed E-state index contributed by atoms with van der Waals surface area (Å²) in [5, 5.41) is 10.0. The predicted molar refractivity (Wildman–Crippen MR) is 77.8 cm³/mol. The van der Waals surface area contributed by atoms with E-state index in [-0.39, 0.29) is 0 Å². The van der Waals surface area contributed by atoms with Crippen LogP contribution in [0.5, 0.6) is 11.5 Å². The average molecular weight is 256 g/mol. The topological polar surface area (TPSA) is 29.5 Å². The van der Waals surface area contributed by atoms with E-state index in [1.165, 1.54) is 0 Å². The molecule has 0 amide bonds.